The third kappa shape index (κ3) is 4.50. The number of anilines is 1. The molecule has 0 radical (unpaired) electrons. The van der Waals surface area contributed by atoms with Crippen molar-refractivity contribution in [2.75, 3.05) is 24.5 Å². The summed E-state index contributed by atoms with van der Waals surface area (Å²) in [5.74, 6) is 2.16. The second-order valence-corrected chi connectivity index (χ2v) is 9.36. The molecule has 1 aromatic heterocycles. The second kappa shape index (κ2) is 8.21. The fraction of sp³-hybridized carbons (Fsp3) is 0.458. The second-order valence-electron chi connectivity index (χ2n) is 9.36. The van der Waals surface area contributed by atoms with E-state index in [1.54, 1.807) is 11.1 Å². The minimum absolute atomic E-state index is 0.0675. The number of carboxylic acid groups (broad SMARTS) is 1. The van der Waals surface area contributed by atoms with E-state index in [0.29, 0.717) is 49.8 Å². The van der Waals surface area contributed by atoms with Gasteiger partial charge in [-0.15, -0.1) is 0 Å². The largest absolute Gasteiger partial charge is 0.465 e. The molecule has 164 valence electrons. The lowest BCUT2D eigenvalue weighted by molar-refractivity contribution is -0.117. The number of benzene rings is 1. The van der Waals surface area contributed by atoms with Crippen LogP contribution in [0.5, 0.6) is 11.5 Å². The quantitative estimate of drug-likeness (QED) is 0.776. The summed E-state index contributed by atoms with van der Waals surface area (Å²) >= 11 is 0. The first-order valence-corrected chi connectivity index (χ1v) is 10.8. The predicted molar refractivity (Wildman–Crippen MR) is 118 cm³/mol. The average Bonchev–Trinajstić information content (AvgIpc) is 3.03. The number of pyridine rings is 1. The molecular weight excluding hydrogens is 394 g/mol. The molecule has 1 unspecified atom stereocenters. The van der Waals surface area contributed by atoms with Gasteiger partial charge in [0.25, 0.3) is 0 Å². The Morgan fingerprint density at radius 1 is 1.13 bits per heavy atom. The summed E-state index contributed by atoms with van der Waals surface area (Å²) in [4.78, 5) is 31.1. The van der Waals surface area contributed by atoms with Gasteiger partial charge in [-0.25, -0.2) is 9.78 Å². The molecule has 2 aliphatic heterocycles. The van der Waals surface area contributed by atoms with Gasteiger partial charge >= 0.3 is 6.09 Å². The van der Waals surface area contributed by atoms with E-state index in [1.807, 2.05) is 24.3 Å². The van der Waals surface area contributed by atoms with Gasteiger partial charge in [0.1, 0.15) is 17.3 Å². The van der Waals surface area contributed by atoms with E-state index in [1.165, 1.54) is 10.5 Å². The Morgan fingerprint density at radius 2 is 1.90 bits per heavy atom. The molecule has 4 rings (SSSR count). The highest BCUT2D eigenvalue weighted by Gasteiger charge is 2.33. The van der Waals surface area contributed by atoms with Crippen molar-refractivity contribution in [3.63, 3.8) is 0 Å². The van der Waals surface area contributed by atoms with Gasteiger partial charge in [0.05, 0.1) is 6.20 Å². The van der Waals surface area contributed by atoms with Crippen molar-refractivity contribution in [2.45, 2.75) is 46.0 Å². The Morgan fingerprint density at radius 3 is 2.52 bits per heavy atom. The van der Waals surface area contributed by atoms with E-state index < -0.39 is 6.09 Å². The van der Waals surface area contributed by atoms with Crippen LogP contribution in [0.3, 0.4) is 0 Å². The monoisotopic (exact) mass is 423 g/mol. The number of amides is 2. The summed E-state index contributed by atoms with van der Waals surface area (Å²) in [6, 6.07) is 9.64. The topological polar surface area (TPSA) is 83.0 Å². The zero-order valence-corrected chi connectivity index (χ0v) is 18.3. The van der Waals surface area contributed by atoms with Gasteiger partial charge in [-0.2, -0.15) is 0 Å². The Labute approximate surface area is 182 Å². The molecule has 7 nitrogen and oxygen atoms in total. The number of carbonyl (C=O) groups is 2. The summed E-state index contributed by atoms with van der Waals surface area (Å²) < 4.78 is 6.03. The zero-order valence-electron chi connectivity index (χ0n) is 18.3. The van der Waals surface area contributed by atoms with Crippen molar-refractivity contribution < 1.29 is 19.4 Å². The zero-order chi connectivity index (χ0) is 22.2. The SMILES string of the molecule is CC(C)(C)C1CN(C(=O)O)CCc2cc(Oc3ccc(N4CCCC4=O)nc3)ccc21. The number of rotatable bonds is 3. The van der Waals surface area contributed by atoms with Gasteiger partial charge in [-0.05, 0) is 53.6 Å². The molecule has 2 aliphatic rings. The average molecular weight is 424 g/mol. The summed E-state index contributed by atoms with van der Waals surface area (Å²) in [7, 11) is 0. The molecule has 1 aromatic carbocycles. The van der Waals surface area contributed by atoms with Crippen LogP contribution < -0.4 is 9.64 Å². The number of aromatic nitrogens is 1. The summed E-state index contributed by atoms with van der Waals surface area (Å²) in [6.07, 6.45) is 2.85. The van der Waals surface area contributed by atoms with Crippen LogP contribution in [0.1, 0.15) is 50.7 Å². The third-order valence-electron chi connectivity index (χ3n) is 6.17. The van der Waals surface area contributed by atoms with Crippen molar-refractivity contribution in [1.29, 1.82) is 0 Å². The van der Waals surface area contributed by atoms with Gasteiger partial charge in [0.15, 0.2) is 0 Å². The van der Waals surface area contributed by atoms with Crippen LogP contribution in [0, 0.1) is 5.41 Å². The van der Waals surface area contributed by atoms with E-state index in [-0.39, 0.29) is 17.2 Å². The third-order valence-corrected chi connectivity index (χ3v) is 6.17. The van der Waals surface area contributed by atoms with Crippen molar-refractivity contribution in [3.8, 4) is 11.5 Å². The fourth-order valence-electron chi connectivity index (χ4n) is 4.40. The molecule has 1 fully saturated rings. The normalized spacial score (nSPS) is 19.2. The Balaban J connectivity index is 1.55. The maximum absolute atomic E-state index is 11.9. The molecule has 7 heteroatoms. The van der Waals surface area contributed by atoms with E-state index in [9.17, 15) is 14.7 Å². The molecule has 1 saturated heterocycles. The van der Waals surface area contributed by atoms with Crippen LogP contribution in [-0.4, -0.2) is 46.6 Å². The first-order valence-electron chi connectivity index (χ1n) is 10.8. The van der Waals surface area contributed by atoms with E-state index in [0.717, 1.165) is 12.0 Å². The molecular formula is C24H29N3O4. The molecule has 31 heavy (non-hydrogen) atoms. The minimum atomic E-state index is -0.874. The number of hydrogen-bond donors (Lipinski definition) is 1. The van der Waals surface area contributed by atoms with Crippen LogP contribution in [0.25, 0.3) is 0 Å². The highest BCUT2D eigenvalue weighted by atomic mass is 16.5. The summed E-state index contributed by atoms with van der Waals surface area (Å²) in [5.41, 5.74) is 2.24. The lowest BCUT2D eigenvalue weighted by Gasteiger charge is -2.33. The lowest BCUT2D eigenvalue weighted by Crippen LogP contribution is -2.36. The molecule has 2 aromatic rings. The van der Waals surface area contributed by atoms with Crippen molar-refractivity contribution >= 4 is 17.8 Å². The van der Waals surface area contributed by atoms with E-state index in [2.05, 4.69) is 31.8 Å². The Kier molecular flexibility index (Phi) is 5.60. The number of nitrogens with zero attached hydrogens (tertiary/aromatic N) is 3. The van der Waals surface area contributed by atoms with E-state index in [4.69, 9.17) is 4.74 Å². The Bertz CT molecular complexity index is 981. The highest BCUT2D eigenvalue weighted by Crippen LogP contribution is 2.40. The van der Waals surface area contributed by atoms with Gasteiger partial charge in [0, 0.05) is 32.0 Å². The standard InChI is InChI=1S/C24H29N3O4/c1-24(2,3)20-15-26(23(29)30)12-10-16-13-17(6-8-19(16)20)31-18-7-9-21(25-14-18)27-11-4-5-22(27)28/h6-9,13-14,20H,4-5,10-12,15H2,1-3H3,(H,29,30). The lowest BCUT2D eigenvalue weighted by atomic mass is 9.75. The molecule has 1 atom stereocenters. The molecule has 0 saturated carbocycles. The van der Waals surface area contributed by atoms with Crippen LogP contribution in [0.15, 0.2) is 36.5 Å². The number of carbonyl (C=O) groups excluding carboxylic acids is 1. The molecule has 2 amide bonds. The van der Waals surface area contributed by atoms with Gasteiger partial charge in [-0.1, -0.05) is 26.8 Å². The Hall–Kier alpha value is -3.09. The molecule has 0 aliphatic carbocycles. The predicted octanol–water partition coefficient (Wildman–Crippen LogP) is 4.67. The number of hydrogen-bond acceptors (Lipinski definition) is 4. The minimum Gasteiger partial charge on any atom is -0.465 e. The first-order chi connectivity index (χ1) is 14.7. The number of fused-ring (bicyclic) bond motifs is 1. The van der Waals surface area contributed by atoms with Crippen molar-refractivity contribution in [2.24, 2.45) is 5.41 Å². The van der Waals surface area contributed by atoms with Gasteiger partial charge in [0.2, 0.25) is 5.91 Å². The summed E-state index contributed by atoms with van der Waals surface area (Å²) in [5, 5.41) is 9.56. The van der Waals surface area contributed by atoms with Crippen LogP contribution in [0.2, 0.25) is 0 Å². The van der Waals surface area contributed by atoms with Crippen molar-refractivity contribution in [1.82, 2.24) is 9.88 Å². The molecule has 1 N–H and O–H groups in total. The first kappa shape index (κ1) is 21.2. The number of ether oxygens (including phenoxy) is 1. The van der Waals surface area contributed by atoms with E-state index >= 15 is 0 Å². The molecule has 0 spiro atoms. The molecule has 0 bridgehead atoms. The van der Waals surface area contributed by atoms with Gasteiger partial charge in [-0.3, -0.25) is 9.69 Å². The highest BCUT2D eigenvalue weighted by molar-refractivity contribution is 5.94. The summed E-state index contributed by atoms with van der Waals surface area (Å²) in [6.45, 7) is 8.12. The van der Waals surface area contributed by atoms with Crippen molar-refractivity contribution in [3.05, 3.63) is 47.7 Å². The fourth-order valence-corrected chi connectivity index (χ4v) is 4.40. The van der Waals surface area contributed by atoms with Crippen LogP contribution in [0.4, 0.5) is 10.6 Å². The maximum atomic E-state index is 11.9. The molecule has 3 heterocycles. The maximum Gasteiger partial charge on any atom is 0.407 e. The van der Waals surface area contributed by atoms with Crippen LogP contribution >= 0.6 is 0 Å². The van der Waals surface area contributed by atoms with Crippen LogP contribution in [-0.2, 0) is 11.2 Å². The smallest absolute Gasteiger partial charge is 0.407 e. The van der Waals surface area contributed by atoms with Gasteiger partial charge < -0.3 is 14.7 Å².